The first kappa shape index (κ1) is 17.8. The third-order valence-corrected chi connectivity index (χ3v) is 5.38. The van der Waals surface area contributed by atoms with Gasteiger partial charge in [0.2, 0.25) is 0 Å². The first-order valence-corrected chi connectivity index (χ1v) is 9.41. The lowest BCUT2D eigenvalue weighted by atomic mass is 10.1. The van der Waals surface area contributed by atoms with E-state index in [2.05, 4.69) is 10.3 Å². The lowest BCUT2D eigenvalue weighted by Gasteiger charge is -2.11. The lowest BCUT2D eigenvalue weighted by Crippen LogP contribution is -2.14. The van der Waals surface area contributed by atoms with Gasteiger partial charge in [-0.25, -0.2) is 4.98 Å². The maximum atomic E-state index is 13.1. The van der Waals surface area contributed by atoms with Crippen molar-refractivity contribution in [1.29, 1.82) is 0 Å². The Labute approximate surface area is 164 Å². The summed E-state index contributed by atoms with van der Waals surface area (Å²) in [4.78, 5) is 29.4. The van der Waals surface area contributed by atoms with Crippen LogP contribution in [0.1, 0.15) is 15.9 Å². The number of benzene rings is 2. The third-order valence-electron chi connectivity index (χ3n) is 4.48. The summed E-state index contributed by atoms with van der Waals surface area (Å²) in [5.41, 5.74) is 2.70. The quantitative estimate of drug-likeness (QED) is 0.372. The van der Waals surface area contributed by atoms with E-state index in [1.165, 1.54) is 6.07 Å². The van der Waals surface area contributed by atoms with Gasteiger partial charge in [0.05, 0.1) is 37.8 Å². The molecule has 0 aliphatic heterocycles. The summed E-state index contributed by atoms with van der Waals surface area (Å²) >= 11 is 1.55. The molecule has 0 aliphatic rings. The number of pyridine rings is 1. The van der Waals surface area contributed by atoms with Gasteiger partial charge in [-0.1, -0.05) is 30.3 Å². The number of nitrogens with zero attached hydrogens (tertiary/aromatic N) is 2. The van der Waals surface area contributed by atoms with Crippen molar-refractivity contribution in [3.8, 4) is 10.6 Å². The van der Waals surface area contributed by atoms with E-state index >= 15 is 0 Å². The molecule has 6 nitrogen and oxygen atoms in total. The van der Waals surface area contributed by atoms with Crippen molar-refractivity contribution in [2.75, 3.05) is 5.32 Å². The van der Waals surface area contributed by atoms with E-state index in [1.54, 1.807) is 36.5 Å². The van der Waals surface area contributed by atoms with E-state index in [9.17, 15) is 14.9 Å². The molecular weight excluding hydrogens is 374 g/mol. The second kappa shape index (κ2) is 7.21. The normalized spacial score (nSPS) is 10.8. The summed E-state index contributed by atoms with van der Waals surface area (Å²) in [7, 11) is 0. The highest BCUT2D eigenvalue weighted by molar-refractivity contribution is 7.13. The van der Waals surface area contributed by atoms with Crippen molar-refractivity contribution < 1.29 is 9.72 Å². The molecule has 1 N–H and O–H groups in total. The van der Waals surface area contributed by atoms with Crippen LogP contribution >= 0.6 is 11.3 Å². The second-order valence-corrected chi connectivity index (χ2v) is 7.16. The topological polar surface area (TPSA) is 85.1 Å². The first-order valence-electron chi connectivity index (χ1n) is 8.53. The van der Waals surface area contributed by atoms with Crippen molar-refractivity contribution in [1.82, 2.24) is 4.98 Å². The van der Waals surface area contributed by atoms with Crippen molar-refractivity contribution in [2.45, 2.75) is 6.92 Å². The Balaban J connectivity index is 1.79. The van der Waals surface area contributed by atoms with Gasteiger partial charge >= 0.3 is 0 Å². The lowest BCUT2D eigenvalue weighted by molar-refractivity contribution is -0.385. The number of nitro groups is 1. The molecule has 0 saturated heterocycles. The van der Waals surface area contributed by atoms with E-state index in [4.69, 9.17) is 0 Å². The fraction of sp³-hybridized carbons (Fsp3) is 0.0476. The van der Waals surface area contributed by atoms with Crippen LogP contribution in [0.2, 0.25) is 0 Å². The number of nitrogens with one attached hydrogen (secondary N) is 1. The van der Waals surface area contributed by atoms with Gasteiger partial charge in [-0.2, -0.15) is 0 Å². The van der Waals surface area contributed by atoms with E-state index in [0.29, 0.717) is 22.3 Å². The van der Waals surface area contributed by atoms with Crippen LogP contribution in [0.4, 0.5) is 11.4 Å². The molecule has 0 fully saturated rings. The predicted molar refractivity (Wildman–Crippen MR) is 111 cm³/mol. The highest BCUT2D eigenvalue weighted by atomic mass is 32.1. The summed E-state index contributed by atoms with van der Waals surface area (Å²) in [5, 5.41) is 16.7. The molecule has 2 aromatic carbocycles. The van der Waals surface area contributed by atoms with E-state index in [0.717, 1.165) is 16.0 Å². The highest BCUT2D eigenvalue weighted by Crippen LogP contribution is 2.30. The smallest absolute Gasteiger partial charge is 0.274 e. The van der Waals surface area contributed by atoms with Crippen molar-refractivity contribution in [3.63, 3.8) is 0 Å². The van der Waals surface area contributed by atoms with Crippen LogP contribution in [0.5, 0.6) is 0 Å². The van der Waals surface area contributed by atoms with Crippen LogP contribution in [0.15, 0.2) is 66.0 Å². The number of para-hydroxylation sites is 1. The number of hydrogen-bond donors (Lipinski definition) is 1. The largest absolute Gasteiger partial charge is 0.321 e. The molecule has 138 valence electrons. The molecule has 0 aliphatic carbocycles. The van der Waals surface area contributed by atoms with Crippen molar-refractivity contribution in [3.05, 3.63) is 87.3 Å². The molecule has 0 bridgehead atoms. The Morgan fingerprint density at radius 3 is 2.68 bits per heavy atom. The molecule has 0 radical (unpaired) electrons. The Morgan fingerprint density at radius 1 is 1.11 bits per heavy atom. The zero-order valence-corrected chi connectivity index (χ0v) is 15.7. The van der Waals surface area contributed by atoms with Crippen LogP contribution in [-0.2, 0) is 0 Å². The molecule has 4 rings (SSSR count). The van der Waals surface area contributed by atoms with Crippen LogP contribution in [0, 0.1) is 17.0 Å². The predicted octanol–water partition coefficient (Wildman–Crippen LogP) is 5.43. The number of rotatable bonds is 4. The van der Waals surface area contributed by atoms with Crippen LogP contribution in [0.25, 0.3) is 21.5 Å². The molecular formula is C21H15N3O3S. The monoisotopic (exact) mass is 389 g/mol. The number of anilines is 1. The van der Waals surface area contributed by atoms with Crippen molar-refractivity contribution >= 4 is 39.5 Å². The minimum atomic E-state index is -0.457. The molecule has 0 atom stereocenters. The van der Waals surface area contributed by atoms with Gasteiger partial charge in [0.25, 0.3) is 11.6 Å². The minimum absolute atomic E-state index is 0.0309. The Morgan fingerprint density at radius 2 is 1.93 bits per heavy atom. The Bertz CT molecular complexity index is 1200. The van der Waals surface area contributed by atoms with Gasteiger partial charge in [-0.15, -0.1) is 11.3 Å². The highest BCUT2D eigenvalue weighted by Gasteiger charge is 2.18. The van der Waals surface area contributed by atoms with Gasteiger partial charge in [-0.05, 0) is 36.6 Å². The second-order valence-electron chi connectivity index (χ2n) is 6.21. The fourth-order valence-electron chi connectivity index (χ4n) is 3.06. The van der Waals surface area contributed by atoms with Crippen LogP contribution in [0.3, 0.4) is 0 Å². The zero-order chi connectivity index (χ0) is 19.7. The van der Waals surface area contributed by atoms with Gasteiger partial charge < -0.3 is 5.32 Å². The fourth-order valence-corrected chi connectivity index (χ4v) is 3.75. The molecule has 2 heterocycles. The van der Waals surface area contributed by atoms with Gasteiger partial charge in [0, 0.05) is 11.5 Å². The van der Waals surface area contributed by atoms with Gasteiger partial charge in [0.15, 0.2) is 0 Å². The summed E-state index contributed by atoms with van der Waals surface area (Å²) in [6, 6.07) is 17.7. The average Bonchev–Trinajstić information content (AvgIpc) is 3.23. The number of aromatic nitrogens is 1. The molecule has 2 aromatic heterocycles. The molecule has 28 heavy (non-hydrogen) atoms. The van der Waals surface area contributed by atoms with Gasteiger partial charge in [0.1, 0.15) is 0 Å². The van der Waals surface area contributed by atoms with E-state index in [-0.39, 0.29) is 11.6 Å². The summed E-state index contributed by atoms with van der Waals surface area (Å²) < 4.78 is 0. The molecule has 4 aromatic rings. The number of fused-ring (bicyclic) bond motifs is 1. The molecule has 0 saturated carbocycles. The SMILES string of the molecule is Cc1c(NC(=O)c2cc(-c3cccs3)nc3ccccc23)cccc1[N+](=O)[O-]. The molecule has 1 amide bonds. The zero-order valence-electron chi connectivity index (χ0n) is 14.9. The molecule has 7 heteroatoms. The number of hydrogen-bond acceptors (Lipinski definition) is 5. The Hall–Kier alpha value is -3.58. The van der Waals surface area contributed by atoms with E-state index < -0.39 is 4.92 Å². The van der Waals surface area contributed by atoms with Crippen LogP contribution < -0.4 is 5.32 Å². The van der Waals surface area contributed by atoms with Crippen molar-refractivity contribution in [2.24, 2.45) is 0 Å². The van der Waals surface area contributed by atoms with Gasteiger partial charge in [-0.3, -0.25) is 14.9 Å². The number of thiophene rings is 1. The third kappa shape index (κ3) is 3.23. The average molecular weight is 389 g/mol. The number of amides is 1. The number of nitro benzene ring substituents is 1. The Kier molecular flexibility index (Phi) is 4.58. The van der Waals surface area contributed by atoms with Crippen LogP contribution in [-0.4, -0.2) is 15.8 Å². The van der Waals surface area contributed by atoms with E-state index in [1.807, 2.05) is 41.8 Å². The maximum absolute atomic E-state index is 13.1. The standard InChI is InChI=1S/C21H15N3O3S/c1-13-16(8-4-9-19(13)24(26)27)23-21(25)15-12-18(20-10-5-11-28-20)22-17-7-3-2-6-14(15)17/h2-12H,1H3,(H,23,25). The summed E-state index contributed by atoms with van der Waals surface area (Å²) in [5.74, 6) is -0.333. The first-order chi connectivity index (χ1) is 13.5. The summed E-state index contributed by atoms with van der Waals surface area (Å²) in [6.45, 7) is 1.62. The maximum Gasteiger partial charge on any atom is 0.274 e. The molecule has 0 spiro atoms. The summed E-state index contributed by atoms with van der Waals surface area (Å²) in [6.07, 6.45) is 0. The molecule has 0 unspecified atom stereocenters. The number of carbonyl (C=O) groups excluding carboxylic acids is 1. The number of carbonyl (C=O) groups is 1. The minimum Gasteiger partial charge on any atom is -0.321 e.